The van der Waals surface area contributed by atoms with E-state index in [1.165, 1.54) is 43.5 Å². The van der Waals surface area contributed by atoms with Gasteiger partial charge >= 0.3 is 5.97 Å². The van der Waals surface area contributed by atoms with Gasteiger partial charge in [0.1, 0.15) is 42.0 Å². The molecule has 0 bridgehead atoms. The quantitative estimate of drug-likeness (QED) is 0.0194. The number of phenolic OH excluding ortho intramolecular Hbond substituents is 1. The number of methoxy groups -OCH3 is 1. The Balaban J connectivity index is 1.94. The number of nitrogens with two attached hydrogens (primary N) is 2. The van der Waals surface area contributed by atoms with E-state index >= 15 is 0 Å². The monoisotopic (exact) mass is 984 g/mol. The maximum absolute atomic E-state index is 14.5. The lowest BCUT2D eigenvalue weighted by atomic mass is 9.96. The number of amides is 7. The number of aromatic hydroxyl groups is 1. The number of ether oxygens (including phenoxy) is 1. The van der Waals surface area contributed by atoms with Crippen molar-refractivity contribution < 1.29 is 53.3 Å². The number of nitrogens with zero attached hydrogens (tertiary/aromatic N) is 4. The van der Waals surface area contributed by atoms with Gasteiger partial charge in [-0.1, -0.05) is 46.2 Å². The van der Waals surface area contributed by atoms with Crippen LogP contribution in [-0.4, -0.2) is 172 Å². The van der Waals surface area contributed by atoms with Crippen LogP contribution in [0, 0.1) is 11.8 Å². The zero-order valence-corrected chi connectivity index (χ0v) is 41.3. The van der Waals surface area contributed by atoms with Gasteiger partial charge in [-0.25, -0.2) is 9.78 Å². The lowest BCUT2D eigenvalue weighted by molar-refractivity contribution is -0.158. The lowest BCUT2D eigenvalue weighted by Gasteiger charge is -2.34. The number of rotatable bonds is 27. The van der Waals surface area contributed by atoms with Crippen LogP contribution in [0.1, 0.15) is 78.0 Å². The fourth-order valence-electron chi connectivity index (χ4n) is 8.00. The first-order valence-corrected chi connectivity index (χ1v) is 23.4. The summed E-state index contributed by atoms with van der Waals surface area (Å²) >= 11 is 0. The Morgan fingerprint density at radius 3 is 2.10 bits per heavy atom. The Hall–Kier alpha value is -6.82. The van der Waals surface area contributed by atoms with E-state index in [1.54, 1.807) is 46.9 Å². The van der Waals surface area contributed by atoms with Gasteiger partial charge in [0.25, 0.3) is 0 Å². The second-order valence-corrected chi connectivity index (χ2v) is 17.8. The molecule has 24 heteroatoms. The van der Waals surface area contributed by atoms with E-state index in [4.69, 9.17) is 16.2 Å². The number of hydrogen-bond donors (Lipinski definition) is 11. The number of nitrogens with one attached hydrogen (secondary N) is 7. The molecule has 7 amide bonds. The van der Waals surface area contributed by atoms with Crippen LogP contribution >= 0.6 is 0 Å². The molecule has 1 aromatic heterocycles. The van der Waals surface area contributed by atoms with Gasteiger partial charge in [-0.2, -0.15) is 0 Å². The Kier molecular flexibility index (Phi) is 23.0. The number of aliphatic imine (C=N–C) groups is 1. The maximum Gasteiger partial charge on any atom is 0.331 e. The third-order valence-corrected chi connectivity index (χ3v) is 12.1. The molecule has 0 spiro atoms. The maximum atomic E-state index is 14.5. The summed E-state index contributed by atoms with van der Waals surface area (Å²) in [4.78, 5) is 124. The fourth-order valence-corrected chi connectivity index (χ4v) is 8.00. The molecule has 1 aliphatic rings. The van der Waals surface area contributed by atoms with Crippen LogP contribution in [0.15, 0.2) is 41.8 Å². The van der Waals surface area contributed by atoms with Crippen LogP contribution in [-0.2, 0) is 55.9 Å². The van der Waals surface area contributed by atoms with Crippen molar-refractivity contribution >= 4 is 53.3 Å². The summed E-state index contributed by atoms with van der Waals surface area (Å²) in [6.07, 6.45) is 2.86. The van der Waals surface area contributed by atoms with Crippen LogP contribution in [0.4, 0.5) is 0 Å². The Bertz CT molecular complexity index is 2100. The van der Waals surface area contributed by atoms with Crippen LogP contribution in [0.5, 0.6) is 5.75 Å². The number of benzene rings is 1. The van der Waals surface area contributed by atoms with Gasteiger partial charge in [0.15, 0.2) is 12.0 Å². The minimum absolute atomic E-state index is 0.0412. The molecule has 1 saturated heterocycles. The number of carbonyl (C=O) groups is 8. The third kappa shape index (κ3) is 17.0. The van der Waals surface area contributed by atoms with Crippen LogP contribution in [0.3, 0.4) is 0 Å². The fraction of sp³-hybridized carbons (Fsp3) is 0.609. The van der Waals surface area contributed by atoms with E-state index in [0.717, 1.165) is 12.0 Å². The lowest BCUT2D eigenvalue weighted by Crippen LogP contribution is -2.62. The van der Waals surface area contributed by atoms with Crippen LogP contribution in [0.2, 0.25) is 0 Å². The SMILES string of the molecule is CC[C@H](C)[C@H](NC(=O)[C@H](Cc1ccc(O)cc1)NC(=O)[C@@H](NC(=O)[C@H](CCCN=C(N)N)NC(=O)CNC)C(C)C)C(=O)N[C@@H](Cc1cnc[nH]1)C(=O)N1CCC[C@H]1C(=O)N(C)[C@H](C(=O)OC)[C@@H](C)O. The molecule has 2 heterocycles. The number of likely N-dealkylation sites (tertiary alicyclic amines) is 1. The molecular weight excluding hydrogens is 911 g/mol. The number of hydrogen-bond acceptors (Lipinski definition) is 14. The molecule has 1 aliphatic heterocycles. The summed E-state index contributed by atoms with van der Waals surface area (Å²) in [6, 6.07) is -2.67. The molecule has 1 fully saturated rings. The van der Waals surface area contributed by atoms with Crippen molar-refractivity contribution in [3.63, 3.8) is 0 Å². The topological polar surface area (TPSA) is 358 Å². The highest BCUT2D eigenvalue weighted by atomic mass is 16.5. The number of aliphatic hydroxyl groups excluding tert-OH is 1. The summed E-state index contributed by atoms with van der Waals surface area (Å²) < 4.78 is 4.82. The van der Waals surface area contributed by atoms with Gasteiger partial charge in [0, 0.05) is 44.9 Å². The second kappa shape index (κ2) is 28.0. The van der Waals surface area contributed by atoms with Crippen LogP contribution < -0.4 is 43.4 Å². The Labute approximate surface area is 408 Å². The molecule has 0 unspecified atom stereocenters. The molecule has 0 saturated carbocycles. The van der Waals surface area contributed by atoms with E-state index in [1.807, 2.05) is 0 Å². The molecule has 24 nitrogen and oxygen atoms in total. The van der Waals surface area contributed by atoms with Gasteiger partial charge in [0.05, 0.1) is 26.1 Å². The van der Waals surface area contributed by atoms with Crippen molar-refractivity contribution in [3.05, 3.63) is 48.0 Å². The molecule has 2 aromatic rings. The molecule has 70 heavy (non-hydrogen) atoms. The van der Waals surface area contributed by atoms with E-state index in [2.05, 4.69) is 46.9 Å². The van der Waals surface area contributed by atoms with Crippen molar-refractivity contribution in [2.75, 3.05) is 40.8 Å². The molecule has 3 rings (SSSR count). The van der Waals surface area contributed by atoms with Crippen molar-refractivity contribution in [3.8, 4) is 5.75 Å². The first-order valence-electron chi connectivity index (χ1n) is 23.4. The van der Waals surface area contributed by atoms with E-state index in [-0.39, 0.29) is 57.0 Å². The average molecular weight is 984 g/mol. The molecule has 0 aliphatic carbocycles. The summed E-state index contributed by atoms with van der Waals surface area (Å²) in [5, 5.41) is 36.8. The number of aliphatic hydroxyl groups is 1. The van der Waals surface area contributed by atoms with Gasteiger partial charge in [-0.05, 0) is 69.2 Å². The number of phenols is 1. The zero-order chi connectivity index (χ0) is 52.2. The van der Waals surface area contributed by atoms with Gasteiger partial charge in [-0.3, -0.25) is 38.6 Å². The summed E-state index contributed by atoms with van der Waals surface area (Å²) in [5.74, 6) is -6.73. The Morgan fingerprint density at radius 1 is 0.900 bits per heavy atom. The average Bonchev–Trinajstić information content (AvgIpc) is 4.03. The van der Waals surface area contributed by atoms with Crippen molar-refractivity contribution in [1.82, 2.24) is 51.7 Å². The molecule has 9 atom stereocenters. The molecule has 13 N–H and O–H groups in total. The predicted octanol–water partition coefficient (Wildman–Crippen LogP) is -2.33. The minimum Gasteiger partial charge on any atom is -0.508 e. The van der Waals surface area contributed by atoms with E-state index in [0.29, 0.717) is 30.5 Å². The number of aromatic nitrogens is 2. The van der Waals surface area contributed by atoms with Crippen LogP contribution in [0.25, 0.3) is 0 Å². The van der Waals surface area contributed by atoms with E-state index < -0.39 is 108 Å². The predicted molar refractivity (Wildman–Crippen MR) is 257 cm³/mol. The highest BCUT2D eigenvalue weighted by Gasteiger charge is 2.43. The number of esters is 1. The zero-order valence-electron chi connectivity index (χ0n) is 41.3. The first-order chi connectivity index (χ1) is 33.1. The molecular formula is C46H73N13O11. The molecule has 0 radical (unpaired) electrons. The normalized spacial score (nSPS) is 16.8. The summed E-state index contributed by atoms with van der Waals surface area (Å²) in [6.45, 7) is 8.47. The number of imidazole rings is 1. The minimum atomic E-state index is -1.36. The van der Waals surface area contributed by atoms with Gasteiger partial charge in [0.2, 0.25) is 41.4 Å². The summed E-state index contributed by atoms with van der Waals surface area (Å²) in [7, 11) is 4.03. The number of aromatic amines is 1. The van der Waals surface area contributed by atoms with Crippen molar-refractivity contribution in [1.29, 1.82) is 0 Å². The smallest absolute Gasteiger partial charge is 0.331 e. The van der Waals surface area contributed by atoms with Gasteiger partial charge in [-0.15, -0.1) is 0 Å². The molecule has 1 aromatic carbocycles. The number of carbonyl (C=O) groups excluding carboxylic acids is 8. The second-order valence-electron chi connectivity index (χ2n) is 17.8. The third-order valence-electron chi connectivity index (χ3n) is 12.1. The number of H-pyrrole nitrogens is 1. The number of guanidine groups is 1. The largest absolute Gasteiger partial charge is 0.508 e. The summed E-state index contributed by atoms with van der Waals surface area (Å²) in [5.41, 5.74) is 11.9. The highest BCUT2D eigenvalue weighted by Crippen LogP contribution is 2.23. The standard InChI is InChI=1S/C46H73N13O11/c1-9-26(4)37(42(66)55-33(21-29-22-50-24-52-29)43(67)59-19-11-13-34(59)44(68)58(7)38(27(5)60)45(69)70-8)57-40(64)32(20-28-14-16-30(61)17-15-28)54-41(65)36(25(2)3)56-39(63)31(53-35(62)23-49-6)12-10-18-51-46(47)48/h14-17,22,24-27,31-34,36-38,49,60-61H,9-13,18-21,23H2,1-8H3,(H,50,52)(H,53,62)(H,54,65)(H,55,66)(H,56,63)(H,57,64)(H4,47,48,51)/t26-,27+,31-,32-,33-,34-,36-,37-,38-/m0/s1. The van der Waals surface area contributed by atoms with Gasteiger partial charge < -0.3 is 73.1 Å². The first kappa shape index (κ1) is 57.5. The van der Waals surface area contributed by atoms with Crippen molar-refractivity contribution in [2.45, 2.75) is 128 Å². The molecule has 388 valence electrons. The highest BCUT2D eigenvalue weighted by molar-refractivity contribution is 5.98. The number of likely N-dealkylation sites (N-methyl/N-ethyl adjacent to an activating group) is 2. The van der Waals surface area contributed by atoms with Crippen molar-refractivity contribution in [2.24, 2.45) is 28.3 Å². The van der Waals surface area contributed by atoms with E-state index in [9.17, 15) is 48.6 Å². The Morgan fingerprint density at radius 2 is 1.53 bits per heavy atom.